The molecule has 1 atom stereocenters. The molecular formula is C35H40N4O7S. The number of phenols is 1. The number of esters is 1. The van der Waals surface area contributed by atoms with Crippen LogP contribution in [0.3, 0.4) is 0 Å². The van der Waals surface area contributed by atoms with Gasteiger partial charge in [0, 0.05) is 44.2 Å². The van der Waals surface area contributed by atoms with Crippen LogP contribution in [-0.4, -0.2) is 95.5 Å². The zero-order valence-electron chi connectivity index (χ0n) is 26.4. The SMILES string of the molecule is COC(=O)c1ccc(C(=O)N2CCOC3(CCN(Cc4cccc(CCNC[C@H](O)c5ccc(O)c6[nH]c(=O)ccc56)c4)CC3)C2)s1. The second kappa shape index (κ2) is 14.4. The normalized spacial score (nSPS) is 17.2. The lowest BCUT2D eigenvalue weighted by atomic mass is 9.89. The van der Waals surface area contributed by atoms with E-state index in [1.165, 1.54) is 41.7 Å². The number of hydrogen-bond acceptors (Lipinski definition) is 10. The Labute approximate surface area is 276 Å². The van der Waals surface area contributed by atoms with Crippen LogP contribution in [0.15, 0.2) is 65.5 Å². The summed E-state index contributed by atoms with van der Waals surface area (Å²) < 4.78 is 11.1. The molecule has 248 valence electrons. The van der Waals surface area contributed by atoms with Gasteiger partial charge in [-0.25, -0.2) is 4.79 Å². The van der Waals surface area contributed by atoms with E-state index in [-0.39, 0.29) is 22.8 Å². The van der Waals surface area contributed by atoms with Crippen molar-refractivity contribution < 1.29 is 29.3 Å². The summed E-state index contributed by atoms with van der Waals surface area (Å²) in [7, 11) is 1.33. The van der Waals surface area contributed by atoms with Crippen LogP contribution in [0.25, 0.3) is 10.9 Å². The summed E-state index contributed by atoms with van der Waals surface area (Å²) in [5, 5.41) is 24.9. The first-order chi connectivity index (χ1) is 22.7. The molecule has 4 N–H and O–H groups in total. The van der Waals surface area contributed by atoms with Gasteiger partial charge in [0.2, 0.25) is 5.56 Å². The van der Waals surface area contributed by atoms with Crippen molar-refractivity contribution in [2.24, 2.45) is 0 Å². The van der Waals surface area contributed by atoms with E-state index in [1.54, 1.807) is 24.3 Å². The van der Waals surface area contributed by atoms with Gasteiger partial charge in [-0.15, -0.1) is 11.3 Å². The van der Waals surface area contributed by atoms with E-state index in [2.05, 4.69) is 39.5 Å². The fourth-order valence-electron chi connectivity index (χ4n) is 6.53. The number of amides is 1. The third-order valence-corrected chi connectivity index (χ3v) is 10.2. The topological polar surface area (TPSA) is 144 Å². The molecule has 0 bridgehead atoms. The number of nitrogens with zero attached hydrogens (tertiary/aromatic N) is 2. The number of aromatic hydroxyl groups is 1. The van der Waals surface area contributed by atoms with Gasteiger partial charge in [0.15, 0.2) is 0 Å². The van der Waals surface area contributed by atoms with Gasteiger partial charge in [0.25, 0.3) is 5.91 Å². The minimum atomic E-state index is -0.800. The van der Waals surface area contributed by atoms with E-state index >= 15 is 0 Å². The van der Waals surface area contributed by atoms with Crippen molar-refractivity contribution in [3.8, 4) is 5.75 Å². The van der Waals surface area contributed by atoms with Crippen molar-refractivity contribution in [3.63, 3.8) is 0 Å². The van der Waals surface area contributed by atoms with Crippen LogP contribution in [0.1, 0.15) is 55.0 Å². The predicted octanol–water partition coefficient (Wildman–Crippen LogP) is 3.45. The number of hydrogen-bond donors (Lipinski definition) is 4. The molecule has 0 unspecified atom stereocenters. The smallest absolute Gasteiger partial charge is 0.348 e. The summed E-state index contributed by atoms with van der Waals surface area (Å²) in [6, 6.07) is 18.1. The number of H-pyrrole nitrogens is 1. The molecule has 1 spiro atoms. The number of aromatic nitrogens is 1. The van der Waals surface area contributed by atoms with Crippen molar-refractivity contribution in [1.29, 1.82) is 0 Å². The Hall–Kier alpha value is -4.07. The molecule has 1 amide bonds. The van der Waals surface area contributed by atoms with Crippen LogP contribution < -0.4 is 10.9 Å². The second-order valence-electron chi connectivity index (χ2n) is 12.3. The molecule has 2 saturated heterocycles. The minimum Gasteiger partial charge on any atom is -0.506 e. The number of aliphatic hydroxyl groups is 1. The number of fused-ring (bicyclic) bond motifs is 1. The third kappa shape index (κ3) is 7.58. The quantitative estimate of drug-likeness (QED) is 0.149. The number of aromatic amines is 1. The number of methoxy groups -OCH3 is 1. The average molecular weight is 661 g/mol. The fraction of sp³-hybridized carbons (Fsp3) is 0.400. The number of morpholine rings is 1. The highest BCUT2D eigenvalue weighted by Crippen LogP contribution is 2.32. The lowest BCUT2D eigenvalue weighted by molar-refractivity contribution is -0.127. The number of nitrogens with one attached hydrogen (secondary N) is 2. The van der Waals surface area contributed by atoms with Crippen molar-refractivity contribution >= 4 is 34.1 Å². The van der Waals surface area contributed by atoms with E-state index in [0.717, 1.165) is 38.9 Å². The Morgan fingerprint density at radius 2 is 1.85 bits per heavy atom. The van der Waals surface area contributed by atoms with Crippen molar-refractivity contribution in [3.05, 3.63) is 97.5 Å². The molecule has 6 rings (SSSR count). The van der Waals surface area contributed by atoms with Gasteiger partial charge in [0.05, 0.1) is 42.4 Å². The first-order valence-corrected chi connectivity index (χ1v) is 16.7. The number of piperidine rings is 1. The molecule has 2 aliphatic rings. The molecule has 12 heteroatoms. The first kappa shape index (κ1) is 32.9. The molecule has 4 heterocycles. The Morgan fingerprint density at radius 1 is 1.06 bits per heavy atom. The predicted molar refractivity (Wildman–Crippen MR) is 179 cm³/mol. The Morgan fingerprint density at radius 3 is 2.66 bits per heavy atom. The Kier molecular flexibility index (Phi) is 10.0. The maximum absolute atomic E-state index is 13.2. The lowest BCUT2D eigenvalue weighted by Crippen LogP contribution is -2.57. The average Bonchev–Trinajstić information content (AvgIpc) is 3.58. The molecule has 2 aliphatic heterocycles. The van der Waals surface area contributed by atoms with Crippen molar-refractivity contribution in [2.75, 3.05) is 53.0 Å². The first-order valence-electron chi connectivity index (χ1n) is 15.9. The number of phenolic OH excluding ortho intramolecular Hbond substituents is 1. The van der Waals surface area contributed by atoms with Gasteiger partial charge in [-0.05, 0) is 66.8 Å². The summed E-state index contributed by atoms with van der Waals surface area (Å²) in [4.78, 5) is 44.6. The van der Waals surface area contributed by atoms with Crippen molar-refractivity contribution in [1.82, 2.24) is 20.1 Å². The number of aliphatic hydroxyl groups excluding tert-OH is 1. The number of pyridine rings is 1. The van der Waals surface area contributed by atoms with Crippen LogP contribution >= 0.6 is 11.3 Å². The monoisotopic (exact) mass is 660 g/mol. The highest BCUT2D eigenvalue weighted by Gasteiger charge is 2.41. The Balaban J connectivity index is 0.970. The molecule has 47 heavy (non-hydrogen) atoms. The number of likely N-dealkylation sites (tertiary alicyclic amines) is 1. The van der Waals surface area contributed by atoms with Crippen LogP contribution in [0.4, 0.5) is 0 Å². The van der Waals surface area contributed by atoms with Crippen LogP contribution in [0.2, 0.25) is 0 Å². The molecular weight excluding hydrogens is 620 g/mol. The fourth-order valence-corrected chi connectivity index (χ4v) is 7.42. The van der Waals surface area contributed by atoms with E-state index in [1.807, 2.05) is 4.90 Å². The number of thiophene rings is 1. The molecule has 2 aromatic heterocycles. The minimum absolute atomic E-state index is 0.0291. The summed E-state index contributed by atoms with van der Waals surface area (Å²) in [6.45, 7) is 5.18. The maximum Gasteiger partial charge on any atom is 0.348 e. The van der Waals surface area contributed by atoms with Gasteiger partial charge in [-0.1, -0.05) is 30.3 Å². The zero-order valence-corrected chi connectivity index (χ0v) is 27.2. The molecule has 2 aromatic carbocycles. The molecule has 0 saturated carbocycles. The van der Waals surface area contributed by atoms with E-state index < -0.39 is 12.1 Å². The highest BCUT2D eigenvalue weighted by molar-refractivity contribution is 7.15. The van der Waals surface area contributed by atoms with Gasteiger partial charge in [-0.3, -0.25) is 14.5 Å². The highest BCUT2D eigenvalue weighted by atomic mass is 32.1. The number of carbonyl (C=O) groups is 2. The van der Waals surface area contributed by atoms with Crippen LogP contribution in [0, 0.1) is 0 Å². The van der Waals surface area contributed by atoms with Crippen molar-refractivity contribution in [2.45, 2.75) is 37.5 Å². The summed E-state index contributed by atoms with van der Waals surface area (Å²) >= 11 is 1.17. The maximum atomic E-state index is 13.2. The van der Waals surface area contributed by atoms with Crippen LogP contribution in [-0.2, 0) is 22.4 Å². The summed E-state index contributed by atoms with van der Waals surface area (Å²) in [5.41, 5.74) is 2.75. The van der Waals surface area contributed by atoms with Gasteiger partial charge in [-0.2, -0.15) is 0 Å². The largest absolute Gasteiger partial charge is 0.506 e. The number of carbonyl (C=O) groups excluding carboxylic acids is 2. The van der Waals surface area contributed by atoms with Gasteiger partial charge < -0.3 is 34.9 Å². The molecule has 2 fully saturated rings. The van der Waals surface area contributed by atoms with E-state index in [4.69, 9.17) is 9.47 Å². The van der Waals surface area contributed by atoms with Gasteiger partial charge >= 0.3 is 5.97 Å². The molecule has 11 nitrogen and oxygen atoms in total. The summed E-state index contributed by atoms with van der Waals surface area (Å²) in [6.07, 6.45) is 1.68. The van der Waals surface area contributed by atoms with Gasteiger partial charge in [0.1, 0.15) is 10.6 Å². The number of benzene rings is 2. The second-order valence-corrected chi connectivity index (χ2v) is 13.3. The van der Waals surface area contributed by atoms with E-state index in [0.29, 0.717) is 59.0 Å². The number of ether oxygens (including phenoxy) is 2. The molecule has 0 radical (unpaired) electrons. The molecule has 0 aliphatic carbocycles. The molecule has 4 aromatic rings. The lowest BCUT2D eigenvalue weighted by Gasteiger charge is -2.47. The van der Waals surface area contributed by atoms with Crippen LogP contribution in [0.5, 0.6) is 5.75 Å². The third-order valence-electron chi connectivity index (χ3n) is 9.10. The van der Waals surface area contributed by atoms with E-state index in [9.17, 15) is 24.6 Å². The zero-order chi connectivity index (χ0) is 33.0. The number of rotatable bonds is 10. The Bertz CT molecular complexity index is 1800. The standard InChI is InChI=1S/C35H40N4O7S/c1-45-34(44)30-9-8-29(47-30)33(43)39-17-18-46-35(22-39)12-15-38(16-13-35)21-24-4-2-3-23(19-24)11-14-36-20-28(41)25-5-7-27(40)32-26(25)6-10-31(42)37-32/h2-10,19,28,36,40-41H,11-18,20-22H2,1H3,(H,37,42)/t28-/m0/s1. The summed E-state index contributed by atoms with van der Waals surface area (Å²) in [5.74, 6) is -0.528.